The van der Waals surface area contributed by atoms with E-state index in [1.807, 2.05) is 0 Å². The van der Waals surface area contributed by atoms with E-state index >= 15 is 0 Å². The van der Waals surface area contributed by atoms with Crippen LogP contribution in [0.3, 0.4) is 0 Å². The van der Waals surface area contributed by atoms with E-state index in [1.165, 1.54) is 25.8 Å². The monoisotopic (exact) mass is 211 g/mol. The third kappa shape index (κ3) is 2.36. The number of hydrogen-bond donors (Lipinski definition) is 0. The molecule has 2 bridgehead atoms. The van der Waals surface area contributed by atoms with E-state index in [0.29, 0.717) is 11.5 Å². The SMILES string of the molecule is CC(C)OCCN(C)CC12CC(C)(C1)C2. The van der Waals surface area contributed by atoms with E-state index in [4.69, 9.17) is 4.74 Å². The zero-order valence-electron chi connectivity index (χ0n) is 10.7. The number of rotatable bonds is 6. The summed E-state index contributed by atoms with van der Waals surface area (Å²) in [5, 5.41) is 0. The van der Waals surface area contributed by atoms with E-state index in [1.54, 1.807) is 0 Å². The molecule has 3 saturated carbocycles. The van der Waals surface area contributed by atoms with Crippen molar-refractivity contribution in [2.24, 2.45) is 10.8 Å². The van der Waals surface area contributed by atoms with Gasteiger partial charge in [0.05, 0.1) is 12.7 Å². The second-order valence-corrected chi connectivity index (χ2v) is 6.50. The van der Waals surface area contributed by atoms with Crippen LogP contribution in [0.5, 0.6) is 0 Å². The van der Waals surface area contributed by atoms with Gasteiger partial charge < -0.3 is 9.64 Å². The third-order valence-electron chi connectivity index (χ3n) is 3.93. The second kappa shape index (κ2) is 3.74. The first-order chi connectivity index (χ1) is 6.93. The van der Waals surface area contributed by atoms with Crippen molar-refractivity contribution < 1.29 is 4.74 Å². The van der Waals surface area contributed by atoms with Crippen molar-refractivity contribution in [1.29, 1.82) is 0 Å². The molecule has 2 heteroatoms. The zero-order chi connectivity index (χ0) is 11.1. The highest BCUT2D eigenvalue weighted by Crippen LogP contribution is 2.73. The Hall–Kier alpha value is -0.0800. The van der Waals surface area contributed by atoms with E-state index in [2.05, 4.69) is 32.7 Å². The highest BCUT2D eigenvalue weighted by Gasteiger charge is 2.64. The lowest BCUT2D eigenvalue weighted by Crippen LogP contribution is -2.63. The molecule has 0 aromatic heterocycles. The van der Waals surface area contributed by atoms with Gasteiger partial charge in [-0.3, -0.25) is 0 Å². The van der Waals surface area contributed by atoms with Crippen LogP contribution in [0, 0.1) is 10.8 Å². The standard InChI is InChI=1S/C13H25NO/c1-11(2)15-6-5-14(4)10-13-7-12(3,8-13)9-13/h11H,5-10H2,1-4H3. The summed E-state index contributed by atoms with van der Waals surface area (Å²) >= 11 is 0. The van der Waals surface area contributed by atoms with Gasteiger partial charge >= 0.3 is 0 Å². The normalized spacial score (nSPS) is 38.0. The van der Waals surface area contributed by atoms with Gasteiger partial charge in [-0.05, 0) is 51.0 Å². The van der Waals surface area contributed by atoms with Crippen molar-refractivity contribution >= 4 is 0 Å². The Kier molecular flexibility index (Phi) is 2.85. The molecule has 0 aliphatic heterocycles. The maximum atomic E-state index is 5.57. The summed E-state index contributed by atoms with van der Waals surface area (Å²) in [5.74, 6) is 0. The van der Waals surface area contributed by atoms with Crippen LogP contribution in [-0.2, 0) is 4.74 Å². The molecular formula is C13H25NO. The first kappa shape index (κ1) is 11.4. The molecule has 3 rings (SSSR count). The molecule has 0 unspecified atom stereocenters. The summed E-state index contributed by atoms with van der Waals surface area (Å²) in [5.41, 5.74) is 1.45. The van der Waals surface area contributed by atoms with E-state index in [0.717, 1.165) is 18.6 Å². The van der Waals surface area contributed by atoms with Crippen LogP contribution in [0.25, 0.3) is 0 Å². The largest absolute Gasteiger partial charge is 0.377 e. The average Bonchev–Trinajstić information content (AvgIpc) is 1.98. The fourth-order valence-electron chi connectivity index (χ4n) is 3.82. The fourth-order valence-corrected chi connectivity index (χ4v) is 3.82. The second-order valence-electron chi connectivity index (χ2n) is 6.50. The number of nitrogens with zero attached hydrogens (tertiary/aromatic N) is 1. The Balaban J connectivity index is 1.60. The lowest BCUT2D eigenvalue weighted by molar-refractivity contribution is -0.199. The Labute approximate surface area is 94.0 Å². The van der Waals surface area contributed by atoms with Crippen LogP contribution in [0.4, 0.5) is 0 Å². The van der Waals surface area contributed by atoms with Gasteiger partial charge in [0.25, 0.3) is 0 Å². The predicted molar refractivity (Wildman–Crippen MR) is 63.0 cm³/mol. The average molecular weight is 211 g/mol. The van der Waals surface area contributed by atoms with Crippen molar-refractivity contribution in [1.82, 2.24) is 4.90 Å². The van der Waals surface area contributed by atoms with Gasteiger partial charge in [0.15, 0.2) is 0 Å². The van der Waals surface area contributed by atoms with Crippen LogP contribution in [0.1, 0.15) is 40.0 Å². The Morgan fingerprint density at radius 1 is 1.27 bits per heavy atom. The van der Waals surface area contributed by atoms with Crippen LogP contribution < -0.4 is 0 Å². The maximum Gasteiger partial charge on any atom is 0.0596 e. The minimum Gasteiger partial charge on any atom is -0.377 e. The molecule has 15 heavy (non-hydrogen) atoms. The zero-order valence-corrected chi connectivity index (χ0v) is 10.7. The number of hydrogen-bond acceptors (Lipinski definition) is 2. The van der Waals surface area contributed by atoms with Gasteiger partial charge in [-0.15, -0.1) is 0 Å². The van der Waals surface area contributed by atoms with Crippen LogP contribution >= 0.6 is 0 Å². The minimum atomic E-state index is 0.368. The van der Waals surface area contributed by atoms with Gasteiger partial charge in [-0.2, -0.15) is 0 Å². The highest BCUT2D eigenvalue weighted by atomic mass is 16.5. The Bertz CT molecular complexity index is 217. The van der Waals surface area contributed by atoms with Gasteiger partial charge in [-0.25, -0.2) is 0 Å². The molecule has 0 N–H and O–H groups in total. The van der Waals surface area contributed by atoms with Crippen molar-refractivity contribution in [3.63, 3.8) is 0 Å². The maximum absolute atomic E-state index is 5.57. The van der Waals surface area contributed by atoms with Gasteiger partial charge in [-0.1, -0.05) is 6.92 Å². The molecule has 3 aliphatic carbocycles. The molecule has 3 aliphatic rings. The molecule has 0 amide bonds. The summed E-state index contributed by atoms with van der Waals surface area (Å²) in [7, 11) is 2.23. The van der Waals surface area contributed by atoms with E-state index in [9.17, 15) is 0 Å². The van der Waals surface area contributed by atoms with Gasteiger partial charge in [0.1, 0.15) is 0 Å². The first-order valence-corrected chi connectivity index (χ1v) is 6.23. The van der Waals surface area contributed by atoms with E-state index < -0.39 is 0 Å². The molecule has 0 heterocycles. The Morgan fingerprint density at radius 3 is 2.33 bits per heavy atom. The van der Waals surface area contributed by atoms with Crippen molar-refractivity contribution in [3.8, 4) is 0 Å². The molecule has 0 spiro atoms. The first-order valence-electron chi connectivity index (χ1n) is 6.23. The highest BCUT2D eigenvalue weighted by molar-refractivity contribution is 5.15. The lowest BCUT2D eigenvalue weighted by Gasteiger charge is -2.70. The summed E-state index contributed by atoms with van der Waals surface area (Å²) in [4.78, 5) is 2.45. The van der Waals surface area contributed by atoms with E-state index in [-0.39, 0.29) is 0 Å². The molecule has 0 aromatic carbocycles. The Morgan fingerprint density at radius 2 is 1.87 bits per heavy atom. The summed E-state index contributed by atoms with van der Waals surface area (Å²) in [6.45, 7) is 9.86. The minimum absolute atomic E-state index is 0.368. The summed E-state index contributed by atoms with van der Waals surface area (Å²) in [6.07, 6.45) is 4.77. The third-order valence-corrected chi connectivity index (χ3v) is 3.93. The molecule has 0 radical (unpaired) electrons. The topological polar surface area (TPSA) is 12.5 Å². The molecule has 0 atom stereocenters. The molecule has 88 valence electrons. The molecule has 0 saturated heterocycles. The van der Waals surface area contributed by atoms with Crippen molar-refractivity contribution in [3.05, 3.63) is 0 Å². The predicted octanol–water partition coefficient (Wildman–Crippen LogP) is 2.53. The lowest BCUT2D eigenvalue weighted by atomic mass is 9.36. The summed E-state index contributed by atoms with van der Waals surface area (Å²) in [6, 6.07) is 0. The molecule has 2 nitrogen and oxygen atoms in total. The summed E-state index contributed by atoms with van der Waals surface area (Å²) < 4.78 is 5.57. The quantitative estimate of drug-likeness (QED) is 0.669. The number of ether oxygens (including phenoxy) is 1. The number of likely N-dealkylation sites (N-methyl/N-ethyl adjacent to an activating group) is 1. The molecule has 3 fully saturated rings. The van der Waals surface area contributed by atoms with Gasteiger partial charge in [0.2, 0.25) is 0 Å². The van der Waals surface area contributed by atoms with Crippen LogP contribution in [0.15, 0.2) is 0 Å². The van der Waals surface area contributed by atoms with Crippen LogP contribution in [-0.4, -0.2) is 37.7 Å². The van der Waals surface area contributed by atoms with Gasteiger partial charge in [0, 0.05) is 13.1 Å². The van der Waals surface area contributed by atoms with Crippen molar-refractivity contribution in [2.45, 2.75) is 46.1 Å². The molecular weight excluding hydrogens is 186 g/mol. The smallest absolute Gasteiger partial charge is 0.0596 e. The van der Waals surface area contributed by atoms with Crippen LogP contribution in [0.2, 0.25) is 0 Å². The fraction of sp³-hybridized carbons (Fsp3) is 1.00. The molecule has 0 aromatic rings. The van der Waals surface area contributed by atoms with Crippen molar-refractivity contribution in [2.75, 3.05) is 26.7 Å².